The van der Waals surface area contributed by atoms with Crippen molar-refractivity contribution in [1.29, 1.82) is 0 Å². The summed E-state index contributed by atoms with van der Waals surface area (Å²) in [7, 11) is 0. The summed E-state index contributed by atoms with van der Waals surface area (Å²) in [4.78, 5) is 68.4. The second kappa shape index (κ2) is 13.7. The van der Waals surface area contributed by atoms with E-state index in [2.05, 4.69) is 29.9 Å². The lowest BCUT2D eigenvalue weighted by molar-refractivity contribution is -0.145. The lowest BCUT2D eigenvalue weighted by atomic mass is 9.95. The highest BCUT2D eigenvalue weighted by molar-refractivity contribution is 5.93. The number of nitrogens with one attached hydrogen (secondary N) is 3. The molecule has 2 aliphatic heterocycles. The summed E-state index contributed by atoms with van der Waals surface area (Å²) >= 11 is 0. The number of fused-ring (bicyclic) bond motifs is 1. The van der Waals surface area contributed by atoms with Gasteiger partial charge in [-0.05, 0) is 62.3 Å². The standard InChI is InChI=1S/C33H49N5O7/c1-8-20(2)25(35-30(42)44-19-21-13-10-9-11-14-21)29(41)37-18-23-24(33(23,6)7)26(37)28(40)36-38(31(43)45-32(3,4)5)17-22-15-12-16-34-27(22)39/h9-11,13-14,20,22-26H,8,12,15-19H2,1-7H3,(H,34,39)(H,35,42)(H,36,40)/t20?,22-,23-,24-,25?,26-/m0/s1. The molecule has 0 spiro atoms. The van der Waals surface area contributed by atoms with E-state index in [-0.39, 0.29) is 48.1 Å². The second-order valence-electron chi connectivity index (χ2n) is 14.2. The molecule has 2 saturated heterocycles. The molecule has 2 heterocycles. The minimum absolute atomic E-state index is 0.0562. The Kier molecular flexibility index (Phi) is 10.3. The third-order valence-corrected chi connectivity index (χ3v) is 9.39. The third kappa shape index (κ3) is 8.07. The van der Waals surface area contributed by atoms with Crippen molar-refractivity contribution >= 4 is 29.9 Å². The quantitative estimate of drug-likeness (QED) is 0.355. The SMILES string of the molecule is CCC(C)C(NC(=O)OCc1ccccc1)C(=O)N1C[C@H]2[C@@H]([C@H]1C(=O)NN(C[C@@H]1CCCNC1=O)C(=O)OC(C)(C)C)C2(C)C. The van der Waals surface area contributed by atoms with Crippen LogP contribution in [-0.2, 0) is 30.5 Å². The Labute approximate surface area is 265 Å². The molecule has 1 aromatic carbocycles. The molecule has 0 aromatic heterocycles. The Morgan fingerprint density at radius 3 is 2.47 bits per heavy atom. The fraction of sp³-hybridized carbons (Fsp3) is 0.667. The van der Waals surface area contributed by atoms with Crippen LogP contribution in [0, 0.1) is 29.1 Å². The van der Waals surface area contributed by atoms with Crippen molar-refractivity contribution in [2.24, 2.45) is 29.1 Å². The van der Waals surface area contributed by atoms with Crippen LogP contribution in [0.15, 0.2) is 30.3 Å². The van der Waals surface area contributed by atoms with Gasteiger partial charge in [0.25, 0.3) is 5.91 Å². The maximum atomic E-state index is 14.1. The zero-order chi connectivity index (χ0) is 33.1. The molecule has 0 bridgehead atoms. The number of carbonyl (C=O) groups is 5. The normalized spacial score (nSPS) is 24.8. The highest BCUT2D eigenvalue weighted by Gasteiger charge is 2.69. The Bertz CT molecular complexity index is 1260. The van der Waals surface area contributed by atoms with Crippen LogP contribution in [0.1, 0.15) is 73.3 Å². The van der Waals surface area contributed by atoms with E-state index in [1.165, 1.54) is 4.90 Å². The summed E-state index contributed by atoms with van der Waals surface area (Å²) in [6.07, 6.45) is 0.429. The maximum Gasteiger partial charge on any atom is 0.429 e. The van der Waals surface area contributed by atoms with Crippen molar-refractivity contribution in [2.75, 3.05) is 19.6 Å². The summed E-state index contributed by atoms with van der Waals surface area (Å²) in [5.41, 5.74) is 2.52. The minimum Gasteiger partial charge on any atom is -0.445 e. The van der Waals surface area contributed by atoms with Crippen molar-refractivity contribution in [3.8, 4) is 0 Å². The monoisotopic (exact) mass is 627 g/mol. The van der Waals surface area contributed by atoms with E-state index in [1.807, 2.05) is 44.2 Å². The molecule has 248 valence electrons. The van der Waals surface area contributed by atoms with Crippen molar-refractivity contribution < 1.29 is 33.4 Å². The van der Waals surface area contributed by atoms with Crippen LogP contribution in [0.5, 0.6) is 0 Å². The molecule has 1 aliphatic carbocycles. The van der Waals surface area contributed by atoms with Crippen LogP contribution < -0.4 is 16.1 Å². The van der Waals surface area contributed by atoms with Gasteiger partial charge in [0.1, 0.15) is 24.3 Å². The number of piperidine rings is 2. The number of hydrogen-bond donors (Lipinski definition) is 3. The van der Waals surface area contributed by atoms with E-state index in [4.69, 9.17) is 9.47 Å². The average molecular weight is 628 g/mol. The van der Waals surface area contributed by atoms with Gasteiger partial charge in [-0.15, -0.1) is 0 Å². The first-order chi connectivity index (χ1) is 21.1. The van der Waals surface area contributed by atoms with Gasteiger partial charge in [-0.1, -0.05) is 64.4 Å². The number of ether oxygens (including phenoxy) is 2. The first kappa shape index (κ1) is 34.1. The van der Waals surface area contributed by atoms with Crippen LogP contribution in [0.25, 0.3) is 0 Å². The molecule has 6 atom stereocenters. The number of likely N-dealkylation sites (tertiary alicyclic amines) is 1. The zero-order valence-electron chi connectivity index (χ0n) is 27.6. The summed E-state index contributed by atoms with van der Waals surface area (Å²) in [6.45, 7) is 14.0. The largest absolute Gasteiger partial charge is 0.445 e. The maximum absolute atomic E-state index is 14.1. The van der Waals surface area contributed by atoms with Gasteiger partial charge >= 0.3 is 12.2 Å². The molecule has 12 nitrogen and oxygen atoms in total. The molecule has 5 amide bonds. The second-order valence-corrected chi connectivity index (χ2v) is 14.2. The van der Waals surface area contributed by atoms with E-state index in [0.717, 1.165) is 17.0 Å². The summed E-state index contributed by atoms with van der Waals surface area (Å²) in [5, 5.41) is 6.64. The number of hydrogen-bond acceptors (Lipinski definition) is 7. The highest BCUT2D eigenvalue weighted by atomic mass is 16.6. The van der Waals surface area contributed by atoms with E-state index in [9.17, 15) is 24.0 Å². The van der Waals surface area contributed by atoms with Gasteiger partial charge in [-0.25, -0.2) is 14.6 Å². The summed E-state index contributed by atoms with van der Waals surface area (Å²) < 4.78 is 11.0. The van der Waals surface area contributed by atoms with Crippen LogP contribution in [0.3, 0.4) is 0 Å². The molecule has 3 aliphatic rings. The van der Waals surface area contributed by atoms with Crippen molar-refractivity contribution in [1.82, 2.24) is 26.0 Å². The number of amides is 5. The number of alkyl carbamates (subject to hydrolysis) is 1. The molecule has 45 heavy (non-hydrogen) atoms. The number of rotatable bonds is 9. The van der Waals surface area contributed by atoms with Crippen LogP contribution in [-0.4, -0.2) is 77.1 Å². The summed E-state index contributed by atoms with van der Waals surface area (Å²) in [6, 6.07) is 7.46. The van der Waals surface area contributed by atoms with Crippen molar-refractivity contribution in [2.45, 2.75) is 92.0 Å². The molecule has 4 rings (SSSR count). The number of benzene rings is 1. The van der Waals surface area contributed by atoms with Gasteiger partial charge in [0, 0.05) is 13.1 Å². The Balaban J connectivity index is 1.52. The smallest absolute Gasteiger partial charge is 0.429 e. The number of carbonyl (C=O) groups excluding carboxylic acids is 5. The predicted octanol–water partition coefficient (Wildman–Crippen LogP) is 3.61. The average Bonchev–Trinajstić information content (AvgIpc) is 3.29. The van der Waals surface area contributed by atoms with Crippen molar-refractivity contribution in [3.63, 3.8) is 0 Å². The number of nitrogens with zero attached hydrogens (tertiary/aromatic N) is 2. The number of hydrazine groups is 1. The molecule has 3 fully saturated rings. The van der Waals surface area contributed by atoms with Gasteiger partial charge in [0.15, 0.2) is 0 Å². The first-order valence-electron chi connectivity index (χ1n) is 16.0. The fourth-order valence-corrected chi connectivity index (χ4v) is 6.48. The molecular formula is C33H49N5O7. The predicted molar refractivity (Wildman–Crippen MR) is 166 cm³/mol. The summed E-state index contributed by atoms with van der Waals surface area (Å²) in [5.74, 6) is -1.90. The molecule has 3 N–H and O–H groups in total. The van der Waals surface area contributed by atoms with E-state index in [1.54, 1.807) is 20.8 Å². The van der Waals surface area contributed by atoms with E-state index in [0.29, 0.717) is 25.9 Å². The van der Waals surface area contributed by atoms with E-state index < -0.39 is 41.7 Å². The Morgan fingerprint density at radius 1 is 1.16 bits per heavy atom. The van der Waals surface area contributed by atoms with Crippen LogP contribution >= 0.6 is 0 Å². The lowest BCUT2D eigenvalue weighted by Gasteiger charge is -2.36. The van der Waals surface area contributed by atoms with Gasteiger partial charge < -0.3 is 25.0 Å². The minimum atomic E-state index is -0.915. The van der Waals surface area contributed by atoms with Gasteiger partial charge in [-0.2, -0.15) is 0 Å². The third-order valence-electron chi connectivity index (χ3n) is 9.39. The molecule has 1 aromatic rings. The molecule has 2 unspecified atom stereocenters. The molecule has 1 saturated carbocycles. The molecular weight excluding hydrogens is 578 g/mol. The van der Waals surface area contributed by atoms with Crippen LogP contribution in [0.2, 0.25) is 0 Å². The molecule has 0 radical (unpaired) electrons. The lowest BCUT2D eigenvalue weighted by Crippen LogP contribution is -2.60. The Hall–Kier alpha value is -3.83. The van der Waals surface area contributed by atoms with Crippen LogP contribution in [0.4, 0.5) is 9.59 Å². The van der Waals surface area contributed by atoms with Crippen molar-refractivity contribution in [3.05, 3.63) is 35.9 Å². The highest BCUT2D eigenvalue weighted by Crippen LogP contribution is 2.65. The van der Waals surface area contributed by atoms with Gasteiger partial charge in [0.05, 0.1) is 12.5 Å². The zero-order valence-corrected chi connectivity index (χ0v) is 27.6. The topological polar surface area (TPSA) is 146 Å². The fourth-order valence-electron chi connectivity index (χ4n) is 6.48. The Morgan fingerprint density at radius 2 is 1.84 bits per heavy atom. The van der Waals surface area contributed by atoms with Gasteiger partial charge in [-0.3, -0.25) is 19.8 Å². The van der Waals surface area contributed by atoms with Gasteiger partial charge in [0.2, 0.25) is 11.8 Å². The first-order valence-corrected chi connectivity index (χ1v) is 16.0. The molecule has 12 heteroatoms. The van der Waals surface area contributed by atoms with E-state index >= 15 is 0 Å².